The average molecular weight is 548 g/mol. The van der Waals surface area contributed by atoms with E-state index in [0.717, 1.165) is 18.2 Å². The molecule has 1 saturated carbocycles. The van der Waals surface area contributed by atoms with Gasteiger partial charge in [0.05, 0.1) is 23.9 Å². The first-order chi connectivity index (χ1) is 18.9. The molecule has 4 aromatic rings. The van der Waals surface area contributed by atoms with Crippen molar-refractivity contribution >= 4 is 49.9 Å². The summed E-state index contributed by atoms with van der Waals surface area (Å²) in [7, 11) is 1.41. The van der Waals surface area contributed by atoms with Gasteiger partial charge in [-0.25, -0.2) is 0 Å². The van der Waals surface area contributed by atoms with Crippen LogP contribution in [0.5, 0.6) is 5.75 Å². The number of aromatic nitrogens is 1. The molecule has 1 fully saturated rings. The number of hydrogen-bond donors (Lipinski definition) is 3. The molecule has 2 atom stereocenters. The molecule has 5 rings (SSSR count). The third kappa shape index (κ3) is 5.17. The molecule has 0 unspecified atom stereocenters. The zero-order valence-corrected chi connectivity index (χ0v) is 22.3. The van der Waals surface area contributed by atoms with Gasteiger partial charge in [0.15, 0.2) is 11.5 Å². The number of para-hydroxylation sites is 1. The molecule has 0 spiro atoms. The van der Waals surface area contributed by atoms with Crippen molar-refractivity contribution in [2.75, 3.05) is 13.7 Å². The fourth-order valence-electron chi connectivity index (χ4n) is 5.27. The summed E-state index contributed by atoms with van der Waals surface area (Å²) in [6.45, 7) is -0.776. The lowest BCUT2D eigenvalue weighted by Gasteiger charge is -2.32. The van der Waals surface area contributed by atoms with Crippen LogP contribution in [-0.2, 0) is 11.3 Å². The minimum atomic E-state index is -0.618. The first kappa shape index (κ1) is 26.6. The lowest BCUT2D eigenvalue weighted by atomic mass is 9.90. The smallest absolute Gasteiger partial charge is 0.265 e. The van der Waals surface area contributed by atoms with E-state index in [4.69, 9.17) is 9.84 Å². The number of Topliss-reactive ketones (excluding diaryl/α,β-unsaturated/α-hetero) is 1. The number of pyridine rings is 1. The number of amides is 2. The molecule has 2 amide bonds. The first-order valence-electron chi connectivity index (χ1n) is 12.8. The fraction of sp³-hybridized carbons (Fsp3) is 0.310. The van der Waals surface area contributed by atoms with Crippen LogP contribution in [0, 0.1) is 0 Å². The Bertz CT molecular complexity index is 1610. The molecule has 3 N–H and O–H groups in total. The van der Waals surface area contributed by atoms with Crippen molar-refractivity contribution in [1.29, 1.82) is 0 Å². The number of rotatable bonds is 8. The topological polar surface area (TPSA) is 127 Å². The van der Waals surface area contributed by atoms with Gasteiger partial charge in [-0.3, -0.25) is 23.7 Å². The summed E-state index contributed by atoms with van der Waals surface area (Å²) in [5.41, 5.74) is 0.682. The summed E-state index contributed by atoms with van der Waals surface area (Å²) in [6.07, 6.45) is 3.16. The number of aliphatic hydroxyl groups excluding tert-OH is 1. The molecule has 39 heavy (non-hydrogen) atoms. The van der Waals surface area contributed by atoms with Gasteiger partial charge in [0.25, 0.3) is 11.5 Å². The third-order valence-corrected chi connectivity index (χ3v) is 8.35. The SMILES string of the molecule is COc1c(C(=O)N[C@@H]2CCCC[C@H]2NC(=O)CO)sc2c1c(=O)n(CC(=O)c1ccccc1)c1ccccc21. The van der Waals surface area contributed by atoms with Crippen molar-refractivity contribution in [3.63, 3.8) is 0 Å². The predicted octanol–water partition coefficient (Wildman–Crippen LogP) is 3.26. The molecule has 2 aromatic carbocycles. The van der Waals surface area contributed by atoms with Gasteiger partial charge >= 0.3 is 0 Å². The maximum Gasteiger partial charge on any atom is 0.265 e. The molecule has 9 nitrogen and oxygen atoms in total. The molecule has 202 valence electrons. The second-order valence-electron chi connectivity index (χ2n) is 9.56. The van der Waals surface area contributed by atoms with Crippen LogP contribution in [0.1, 0.15) is 45.7 Å². The van der Waals surface area contributed by atoms with Gasteiger partial charge in [-0.1, -0.05) is 61.4 Å². The fourth-order valence-corrected chi connectivity index (χ4v) is 6.47. The minimum Gasteiger partial charge on any atom is -0.494 e. The van der Waals surface area contributed by atoms with Crippen LogP contribution in [0.15, 0.2) is 59.4 Å². The number of carbonyl (C=O) groups is 3. The van der Waals surface area contributed by atoms with E-state index in [1.54, 1.807) is 36.4 Å². The van der Waals surface area contributed by atoms with E-state index < -0.39 is 24.0 Å². The van der Waals surface area contributed by atoms with E-state index in [2.05, 4.69) is 10.6 Å². The Balaban J connectivity index is 1.56. The summed E-state index contributed by atoms with van der Waals surface area (Å²) < 4.78 is 7.68. The van der Waals surface area contributed by atoms with Crippen molar-refractivity contribution in [2.24, 2.45) is 0 Å². The van der Waals surface area contributed by atoms with Crippen LogP contribution >= 0.6 is 11.3 Å². The predicted molar refractivity (Wildman–Crippen MR) is 150 cm³/mol. The number of benzene rings is 2. The number of nitrogens with zero attached hydrogens (tertiary/aromatic N) is 1. The number of aliphatic hydroxyl groups is 1. The molecule has 0 saturated heterocycles. The van der Waals surface area contributed by atoms with Gasteiger partial charge in [0.2, 0.25) is 5.91 Å². The van der Waals surface area contributed by atoms with E-state index in [1.165, 1.54) is 23.0 Å². The monoisotopic (exact) mass is 547 g/mol. The zero-order chi connectivity index (χ0) is 27.5. The molecule has 2 aromatic heterocycles. The van der Waals surface area contributed by atoms with Crippen LogP contribution in [-0.4, -0.2) is 53.1 Å². The van der Waals surface area contributed by atoms with Gasteiger partial charge in [-0.15, -0.1) is 11.3 Å². The molecule has 2 heterocycles. The highest BCUT2D eigenvalue weighted by Gasteiger charge is 2.31. The van der Waals surface area contributed by atoms with E-state index in [-0.39, 0.29) is 40.4 Å². The Morgan fingerprint density at radius 3 is 2.36 bits per heavy atom. The highest BCUT2D eigenvalue weighted by atomic mass is 32.1. The lowest BCUT2D eigenvalue weighted by Crippen LogP contribution is -2.53. The summed E-state index contributed by atoms with van der Waals surface area (Å²) in [5, 5.41) is 15.9. The molecule has 10 heteroatoms. The summed E-state index contributed by atoms with van der Waals surface area (Å²) in [5.74, 6) is -0.935. The highest BCUT2D eigenvalue weighted by molar-refractivity contribution is 7.22. The molecule has 1 aliphatic carbocycles. The number of ketones is 1. The van der Waals surface area contributed by atoms with Crippen LogP contribution in [0.2, 0.25) is 0 Å². The molecule has 0 radical (unpaired) electrons. The number of fused-ring (bicyclic) bond motifs is 3. The Morgan fingerprint density at radius 1 is 1.00 bits per heavy atom. The summed E-state index contributed by atoms with van der Waals surface area (Å²) >= 11 is 1.17. The molecule has 0 aliphatic heterocycles. The molecular formula is C29H29N3O6S. The number of methoxy groups -OCH3 is 1. The molecule has 1 aliphatic rings. The van der Waals surface area contributed by atoms with Crippen LogP contribution in [0.25, 0.3) is 21.0 Å². The van der Waals surface area contributed by atoms with E-state index in [1.807, 2.05) is 18.2 Å². The Morgan fingerprint density at radius 2 is 1.67 bits per heavy atom. The van der Waals surface area contributed by atoms with Crippen LogP contribution < -0.4 is 20.9 Å². The van der Waals surface area contributed by atoms with Crippen molar-refractivity contribution in [3.05, 3.63) is 75.4 Å². The highest BCUT2D eigenvalue weighted by Crippen LogP contribution is 2.39. The standard InChI is InChI=1S/C29H29N3O6S/c1-38-25-24-26(39-27(25)28(36)31-20-13-7-6-12-19(20)30-23(35)16-33)18-11-5-8-14-21(18)32(29(24)37)15-22(34)17-9-3-2-4-10-17/h2-5,8-11,14,19-20,33H,6-7,12-13,15-16H2,1H3,(H,30,35)(H,31,36)/t19-,20-/m1/s1. The molecule has 0 bridgehead atoms. The van der Waals surface area contributed by atoms with E-state index >= 15 is 0 Å². The zero-order valence-electron chi connectivity index (χ0n) is 21.4. The van der Waals surface area contributed by atoms with Gasteiger partial charge in [-0.05, 0) is 18.9 Å². The van der Waals surface area contributed by atoms with Gasteiger partial charge in [-0.2, -0.15) is 0 Å². The second kappa shape index (κ2) is 11.4. The minimum absolute atomic E-state index is 0.159. The van der Waals surface area contributed by atoms with Crippen molar-refractivity contribution < 1.29 is 24.2 Å². The maximum absolute atomic E-state index is 13.9. The van der Waals surface area contributed by atoms with Crippen molar-refractivity contribution in [3.8, 4) is 5.75 Å². The van der Waals surface area contributed by atoms with Gasteiger partial charge in [0.1, 0.15) is 16.9 Å². The van der Waals surface area contributed by atoms with Gasteiger partial charge < -0.3 is 20.5 Å². The Hall–Kier alpha value is -4.02. The van der Waals surface area contributed by atoms with E-state index in [0.29, 0.717) is 28.6 Å². The van der Waals surface area contributed by atoms with Crippen molar-refractivity contribution in [2.45, 2.75) is 44.3 Å². The van der Waals surface area contributed by atoms with Gasteiger partial charge in [0, 0.05) is 23.0 Å². The number of carbonyl (C=O) groups excluding carboxylic acids is 3. The largest absolute Gasteiger partial charge is 0.494 e. The first-order valence-corrected chi connectivity index (χ1v) is 13.7. The summed E-state index contributed by atoms with van der Waals surface area (Å²) in [6, 6.07) is 15.5. The number of ether oxygens (including phenoxy) is 1. The van der Waals surface area contributed by atoms with Crippen molar-refractivity contribution in [1.82, 2.24) is 15.2 Å². The third-order valence-electron chi connectivity index (χ3n) is 7.14. The average Bonchev–Trinajstić information content (AvgIpc) is 3.37. The maximum atomic E-state index is 13.9. The second-order valence-corrected chi connectivity index (χ2v) is 10.6. The molecular weight excluding hydrogens is 518 g/mol. The Kier molecular flexibility index (Phi) is 7.76. The normalized spacial score (nSPS) is 17.2. The Labute approximate surface area is 228 Å². The quantitative estimate of drug-likeness (QED) is 0.291. The number of hydrogen-bond acceptors (Lipinski definition) is 7. The number of nitrogens with one attached hydrogen (secondary N) is 2. The lowest BCUT2D eigenvalue weighted by molar-refractivity contribution is -0.124. The van der Waals surface area contributed by atoms with E-state index in [9.17, 15) is 19.2 Å². The van der Waals surface area contributed by atoms with Crippen LogP contribution in [0.4, 0.5) is 0 Å². The van der Waals surface area contributed by atoms with Crippen LogP contribution in [0.3, 0.4) is 0 Å². The number of thiophene rings is 1. The summed E-state index contributed by atoms with van der Waals surface area (Å²) in [4.78, 5) is 52.5.